The molecule has 1 amide bonds. The molecule has 10 heteroatoms. The summed E-state index contributed by atoms with van der Waals surface area (Å²) < 4.78 is 38.9. The fourth-order valence-electron chi connectivity index (χ4n) is 4.31. The van der Waals surface area contributed by atoms with E-state index in [1.807, 2.05) is 24.4 Å². The molecule has 0 aliphatic carbocycles. The number of H-pyrrole nitrogens is 1. The van der Waals surface area contributed by atoms with Crippen molar-refractivity contribution in [2.75, 3.05) is 18.4 Å². The van der Waals surface area contributed by atoms with Crippen LogP contribution in [0.15, 0.2) is 54.9 Å². The Kier molecular flexibility index (Phi) is 6.21. The third-order valence-corrected chi connectivity index (χ3v) is 6.04. The first kappa shape index (κ1) is 23.0. The fourth-order valence-corrected chi connectivity index (χ4v) is 4.31. The number of nitrogens with zero attached hydrogens (tertiary/aromatic N) is 4. The monoisotopic (exact) mass is 480 g/mol. The Morgan fingerprint density at radius 3 is 2.66 bits per heavy atom. The number of carbonyl (C=O) groups is 1. The van der Waals surface area contributed by atoms with Gasteiger partial charge in [0.25, 0.3) is 5.91 Å². The zero-order valence-corrected chi connectivity index (χ0v) is 18.8. The predicted octanol–water partition coefficient (Wildman–Crippen LogP) is 5.28. The third-order valence-electron chi connectivity index (χ3n) is 6.04. The molecule has 0 radical (unpaired) electrons. The van der Waals surface area contributed by atoms with Crippen molar-refractivity contribution in [2.45, 2.75) is 32.0 Å². The minimum absolute atomic E-state index is 0.0680. The maximum Gasteiger partial charge on any atom is 0.433 e. The molecule has 0 saturated carbocycles. The highest BCUT2D eigenvalue weighted by Gasteiger charge is 2.32. The number of rotatable bonds is 5. The van der Waals surface area contributed by atoms with Crippen molar-refractivity contribution in [1.29, 1.82) is 0 Å². The third kappa shape index (κ3) is 5.17. The van der Waals surface area contributed by atoms with E-state index in [-0.39, 0.29) is 11.5 Å². The Balaban J connectivity index is 1.39. The van der Waals surface area contributed by atoms with Crippen LogP contribution in [0.5, 0.6) is 0 Å². The molecule has 180 valence electrons. The predicted molar refractivity (Wildman–Crippen MR) is 126 cm³/mol. The minimum Gasteiger partial charge on any atom is -0.305 e. The molecule has 0 atom stereocenters. The number of aromatic amines is 1. The molecule has 1 aliphatic heterocycles. The van der Waals surface area contributed by atoms with Crippen molar-refractivity contribution in [3.05, 3.63) is 71.8 Å². The smallest absolute Gasteiger partial charge is 0.305 e. The largest absolute Gasteiger partial charge is 0.433 e. The lowest BCUT2D eigenvalue weighted by Crippen LogP contribution is -2.29. The summed E-state index contributed by atoms with van der Waals surface area (Å²) in [6.45, 7) is 3.02. The number of likely N-dealkylation sites (tertiary alicyclic amines) is 1. The van der Waals surface area contributed by atoms with Crippen LogP contribution in [0.1, 0.15) is 41.0 Å². The highest BCUT2D eigenvalue weighted by Crippen LogP contribution is 2.29. The maximum atomic E-state index is 13.0. The number of piperidine rings is 1. The topological polar surface area (TPSA) is 86.8 Å². The van der Waals surface area contributed by atoms with E-state index < -0.39 is 17.8 Å². The molecule has 0 bridgehead atoms. The summed E-state index contributed by atoms with van der Waals surface area (Å²) in [4.78, 5) is 23.2. The number of halogens is 3. The number of benzene rings is 1. The summed E-state index contributed by atoms with van der Waals surface area (Å²) >= 11 is 0. The number of alkyl halides is 3. The Morgan fingerprint density at radius 1 is 1.03 bits per heavy atom. The average Bonchev–Trinajstić information content (AvgIpc) is 3.28. The molecule has 1 fully saturated rings. The summed E-state index contributed by atoms with van der Waals surface area (Å²) in [5.74, 6) is -0.857. The molecule has 2 N–H and O–H groups in total. The standard InChI is InChI=1S/C25H23F3N6O/c26-25(27,28)21-5-4-6-22(30-21)31-24(35)23-19-12-17(7-8-20(19)32-33-23)18-11-16(13-29-14-18)15-34-9-2-1-3-10-34/h4-8,11-14H,1-3,9-10,15H2,(H,32,33)(H,30,31,35). The second kappa shape index (κ2) is 9.46. The number of hydrogen-bond acceptors (Lipinski definition) is 5. The molecule has 7 nitrogen and oxygen atoms in total. The van der Waals surface area contributed by atoms with Crippen molar-refractivity contribution >= 4 is 22.6 Å². The molecule has 1 aromatic carbocycles. The summed E-state index contributed by atoms with van der Waals surface area (Å²) in [6, 6.07) is 11.0. The SMILES string of the molecule is O=C(Nc1cccc(C(F)(F)F)n1)c1n[nH]c2ccc(-c3cncc(CN4CCCCC4)c3)cc12. The Hall–Kier alpha value is -3.79. The van der Waals surface area contributed by atoms with E-state index in [1.54, 1.807) is 6.20 Å². The van der Waals surface area contributed by atoms with E-state index in [0.29, 0.717) is 10.9 Å². The Bertz CT molecular complexity index is 1360. The van der Waals surface area contributed by atoms with Gasteiger partial charge >= 0.3 is 6.18 Å². The van der Waals surface area contributed by atoms with Crippen LogP contribution in [0.3, 0.4) is 0 Å². The first-order valence-electron chi connectivity index (χ1n) is 11.4. The number of aromatic nitrogens is 4. The number of hydrogen-bond donors (Lipinski definition) is 2. The molecule has 0 spiro atoms. The molecule has 0 unspecified atom stereocenters. The van der Waals surface area contributed by atoms with E-state index in [2.05, 4.69) is 36.4 Å². The van der Waals surface area contributed by atoms with E-state index in [0.717, 1.165) is 42.4 Å². The molecule has 4 heterocycles. The number of carbonyl (C=O) groups excluding carboxylic acids is 1. The second-order valence-electron chi connectivity index (χ2n) is 8.61. The molecular weight excluding hydrogens is 457 g/mol. The van der Waals surface area contributed by atoms with Gasteiger partial charge in [-0.05, 0) is 67.4 Å². The van der Waals surface area contributed by atoms with Gasteiger partial charge in [-0.15, -0.1) is 0 Å². The molecule has 3 aromatic heterocycles. The number of pyridine rings is 2. The van der Waals surface area contributed by atoms with E-state index in [9.17, 15) is 18.0 Å². The Morgan fingerprint density at radius 2 is 1.86 bits per heavy atom. The van der Waals surface area contributed by atoms with Crippen LogP contribution in [0.2, 0.25) is 0 Å². The Labute approximate surface area is 199 Å². The normalized spacial score (nSPS) is 14.8. The summed E-state index contributed by atoms with van der Waals surface area (Å²) in [5, 5.41) is 9.85. The zero-order valence-electron chi connectivity index (χ0n) is 18.8. The average molecular weight is 480 g/mol. The lowest BCUT2D eigenvalue weighted by atomic mass is 10.0. The van der Waals surface area contributed by atoms with Crippen molar-refractivity contribution in [1.82, 2.24) is 25.1 Å². The lowest BCUT2D eigenvalue weighted by molar-refractivity contribution is -0.141. The van der Waals surface area contributed by atoms with Crippen molar-refractivity contribution in [2.24, 2.45) is 0 Å². The van der Waals surface area contributed by atoms with Crippen LogP contribution in [0.25, 0.3) is 22.0 Å². The van der Waals surface area contributed by atoms with E-state index in [4.69, 9.17) is 0 Å². The van der Waals surface area contributed by atoms with E-state index >= 15 is 0 Å². The summed E-state index contributed by atoms with van der Waals surface area (Å²) in [7, 11) is 0. The van der Waals surface area contributed by atoms with Gasteiger partial charge in [-0.3, -0.25) is 19.8 Å². The van der Waals surface area contributed by atoms with Crippen molar-refractivity contribution in [3.63, 3.8) is 0 Å². The van der Waals surface area contributed by atoms with Gasteiger partial charge in [0.15, 0.2) is 5.69 Å². The number of nitrogens with one attached hydrogen (secondary N) is 2. The zero-order chi connectivity index (χ0) is 24.4. The molecule has 4 aromatic rings. The van der Waals surface area contributed by atoms with Crippen LogP contribution in [-0.4, -0.2) is 44.1 Å². The van der Waals surface area contributed by atoms with E-state index in [1.165, 1.54) is 31.4 Å². The lowest BCUT2D eigenvalue weighted by Gasteiger charge is -2.26. The highest BCUT2D eigenvalue weighted by atomic mass is 19.4. The van der Waals surface area contributed by atoms with Crippen molar-refractivity contribution in [3.8, 4) is 11.1 Å². The molecule has 5 rings (SSSR count). The first-order chi connectivity index (χ1) is 16.9. The molecule has 1 aliphatic rings. The van der Waals surface area contributed by atoms with Gasteiger partial charge in [0.1, 0.15) is 11.5 Å². The molecule has 1 saturated heterocycles. The van der Waals surface area contributed by atoms with Crippen LogP contribution in [0, 0.1) is 0 Å². The van der Waals surface area contributed by atoms with Crippen molar-refractivity contribution < 1.29 is 18.0 Å². The highest BCUT2D eigenvalue weighted by molar-refractivity contribution is 6.11. The van der Waals surface area contributed by atoms with Crippen LogP contribution in [0.4, 0.5) is 19.0 Å². The van der Waals surface area contributed by atoms with Gasteiger partial charge in [0.2, 0.25) is 0 Å². The van der Waals surface area contributed by atoms with Crippen LogP contribution in [-0.2, 0) is 12.7 Å². The van der Waals surface area contributed by atoms with Gasteiger partial charge in [-0.2, -0.15) is 18.3 Å². The molecule has 35 heavy (non-hydrogen) atoms. The minimum atomic E-state index is -4.61. The summed E-state index contributed by atoms with van der Waals surface area (Å²) in [6.07, 6.45) is 2.74. The summed E-state index contributed by atoms with van der Waals surface area (Å²) in [5.41, 5.74) is 2.50. The van der Waals surface area contributed by atoms with Gasteiger partial charge in [0, 0.05) is 29.9 Å². The molecular formula is C25H23F3N6O. The number of amides is 1. The maximum absolute atomic E-state index is 13.0. The van der Waals surface area contributed by atoms with Crippen LogP contribution >= 0.6 is 0 Å². The number of anilines is 1. The fraction of sp³-hybridized carbons (Fsp3) is 0.280. The van der Waals surface area contributed by atoms with Gasteiger partial charge in [0.05, 0.1) is 5.52 Å². The quantitative estimate of drug-likeness (QED) is 0.406. The number of fused-ring (bicyclic) bond motifs is 1. The second-order valence-corrected chi connectivity index (χ2v) is 8.61. The first-order valence-corrected chi connectivity index (χ1v) is 11.4. The van der Waals surface area contributed by atoms with Gasteiger partial charge in [-0.25, -0.2) is 4.98 Å². The van der Waals surface area contributed by atoms with Gasteiger partial charge < -0.3 is 5.32 Å². The van der Waals surface area contributed by atoms with Gasteiger partial charge in [-0.1, -0.05) is 18.6 Å². The van der Waals surface area contributed by atoms with Crippen LogP contribution < -0.4 is 5.32 Å².